The fourth-order valence-electron chi connectivity index (χ4n) is 1.06. The largest absolute Gasteiger partial charge is 0.329 e. The van der Waals surface area contributed by atoms with Crippen LogP contribution in [-0.2, 0) is 10.0 Å². The van der Waals surface area contributed by atoms with Crippen molar-refractivity contribution in [3.8, 4) is 0 Å². The number of halogens is 2. The Balaban J connectivity index is 3.12. The van der Waals surface area contributed by atoms with Gasteiger partial charge in [-0.1, -0.05) is 11.6 Å². The number of hydrogen-bond acceptors (Lipinski definition) is 3. The minimum atomic E-state index is -3.91. The van der Waals surface area contributed by atoms with Gasteiger partial charge in [-0.3, -0.25) is 0 Å². The second-order valence-corrected chi connectivity index (χ2v) is 5.45. The topological polar surface area (TPSA) is 72.2 Å². The Bertz CT molecular complexity index is 478. The van der Waals surface area contributed by atoms with Crippen LogP contribution in [0, 0.1) is 5.82 Å². The number of sulfonamides is 1. The van der Waals surface area contributed by atoms with Crippen molar-refractivity contribution < 1.29 is 12.8 Å². The van der Waals surface area contributed by atoms with Crippen molar-refractivity contribution in [3.05, 3.63) is 29.0 Å². The molecule has 1 rings (SSSR count). The molecule has 0 fully saturated rings. The zero-order chi connectivity index (χ0) is 12.3. The van der Waals surface area contributed by atoms with Gasteiger partial charge >= 0.3 is 0 Å². The van der Waals surface area contributed by atoms with E-state index in [0.29, 0.717) is 0 Å². The molecule has 0 bridgehead atoms. The molecule has 0 radical (unpaired) electrons. The van der Waals surface area contributed by atoms with Crippen molar-refractivity contribution in [1.82, 2.24) is 4.72 Å². The van der Waals surface area contributed by atoms with Gasteiger partial charge in [0, 0.05) is 17.6 Å². The molecule has 0 saturated heterocycles. The van der Waals surface area contributed by atoms with Crippen molar-refractivity contribution >= 4 is 21.6 Å². The number of nitrogens with two attached hydrogens (primary N) is 1. The average molecular weight is 267 g/mol. The molecule has 0 amide bonds. The smallest absolute Gasteiger partial charge is 0.243 e. The maximum absolute atomic E-state index is 13.3. The van der Waals surface area contributed by atoms with E-state index in [1.54, 1.807) is 6.92 Å². The van der Waals surface area contributed by atoms with E-state index in [1.165, 1.54) is 6.07 Å². The Morgan fingerprint density at radius 2 is 2.19 bits per heavy atom. The van der Waals surface area contributed by atoms with Gasteiger partial charge in [-0.25, -0.2) is 17.5 Å². The van der Waals surface area contributed by atoms with E-state index in [-0.39, 0.29) is 11.6 Å². The predicted octanol–water partition coefficient (Wildman–Crippen LogP) is 1.10. The summed E-state index contributed by atoms with van der Waals surface area (Å²) < 4.78 is 39.0. The van der Waals surface area contributed by atoms with E-state index in [4.69, 9.17) is 17.3 Å². The van der Waals surface area contributed by atoms with Crippen molar-refractivity contribution in [2.75, 3.05) is 6.54 Å². The third kappa shape index (κ3) is 3.15. The van der Waals surface area contributed by atoms with Gasteiger partial charge in [0.1, 0.15) is 10.7 Å². The Hall–Kier alpha value is -0.690. The fraction of sp³-hybridized carbons (Fsp3) is 0.333. The number of nitrogens with one attached hydrogen (secondary N) is 1. The lowest BCUT2D eigenvalue weighted by Gasteiger charge is -2.12. The molecule has 1 atom stereocenters. The molecular formula is C9H12ClFN2O2S. The zero-order valence-electron chi connectivity index (χ0n) is 8.57. The molecule has 7 heteroatoms. The average Bonchev–Trinajstić information content (AvgIpc) is 2.20. The summed E-state index contributed by atoms with van der Waals surface area (Å²) in [5.74, 6) is -0.846. The van der Waals surface area contributed by atoms with Crippen LogP contribution in [0.4, 0.5) is 4.39 Å². The first-order valence-corrected chi connectivity index (χ1v) is 6.40. The molecule has 90 valence electrons. The Kier molecular flexibility index (Phi) is 4.26. The molecule has 0 spiro atoms. The molecule has 0 aliphatic heterocycles. The van der Waals surface area contributed by atoms with Crippen molar-refractivity contribution in [2.24, 2.45) is 5.73 Å². The van der Waals surface area contributed by atoms with Crippen LogP contribution >= 0.6 is 11.6 Å². The molecule has 0 aliphatic rings. The Morgan fingerprint density at radius 3 is 2.75 bits per heavy atom. The third-order valence-corrected chi connectivity index (χ3v) is 3.73. The van der Waals surface area contributed by atoms with Gasteiger partial charge < -0.3 is 5.73 Å². The van der Waals surface area contributed by atoms with E-state index >= 15 is 0 Å². The van der Waals surface area contributed by atoms with Gasteiger partial charge in [-0.05, 0) is 25.1 Å². The van der Waals surface area contributed by atoms with Gasteiger partial charge in [0.05, 0.1) is 0 Å². The second kappa shape index (κ2) is 5.09. The number of rotatable bonds is 4. The maximum Gasteiger partial charge on any atom is 0.243 e. The molecule has 0 unspecified atom stereocenters. The summed E-state index contributed by atoms with van der Waals surface area (Å²) in [7, 11) is -3.91. The van der Waals surface area contributed by atoms with Crippen LogP contribution < -0.4 is 10.5 Å². The monoisotopic (exact) mass is 266 g/mol. The number of benzene rings is 1. The van der Waals surface area contributed by atoms with Crippen LogP contribution in [0.1, 0.15) is 6.92 Å². The summed E-state index contributed by atoms with van der Waals surface area (Å²) in [6, 6.07) is 2.87. The van der Waals surface area contributed by atoms with Crippen LogP contribution in [0.15, 0.2) is 23.1 Å². The minimum absolute atomic E-state index is 0.126. The summed E-state index contributed by atoms with van der Waals surface area (Å²) in [5.41, 5.74) is 5.28. The molecule has 0 aliphatic carbocycles. The van der Waals surface area contributed by atoms with Crippen molar-refractivity contribution in [2.45, 2.75) is 17.9 Å². The number of hydrogen-bond donors (Lipinski definition) is 2. The first kappa shape index (κ1) is 13.4. The van der Waals surface area contributed by atoms with Crippen molar-refractivity contribution in [1.29, 1.82) is 0 Å². The van der Waals surface area contributed by atoms with E-state index < -0.39 is 26.8 Å². The first-order chi connectivity index (χ1) is 7.36. The van der Waals surface area contributed by atoms with E-state index in [9.17, 15) is 12.8 Å². The van der Waals surface area contributed by atoms with Gasteiger partial charge in [0.2, 0.25) is 10.0 Å². The summed E-state index contributed by atoms with van der Waals surface area (Å²) in [6.45, 7) is 1.71. The molecule has 0 aromatic heterocycles. The highest BCUT2D eigenvalue weighted by Gasteiger charge is 2.21. The molecule has 3 N–H and O–H groups in total. The molecule has 0 saturated carbocycles. The van der Waals surface area contributed by atoms with Gasteiger partial charge in [-0.2, -0.15) is 0 Å². The highest BCUT2D eigenvalue weighted by molar-refractivity contribution is 7.89. The Labute approximate surface area is 98.6 Å². The lowest BCUT2D eigenvalue weighted by molar-refractivity contribution is 0.544. The summed E-state index contributed by atoms with van der Waals surface area (Å²) in [5, 5.41) is 0.155. The van der Waals surface area contributed by atoms with Crippen LogP contribution in [-0.4, -0.2) is 21.0 Å². The summed E-state index contributed by atoms with van der Waals surface area (Å²) in [4.78, 5) is -0.472. The van der Waals surface area contributed by atoms with E-state index in [1.807, 2.05) is 0 Å². The molecule has 1 aromatic rings. The first-order valence-electron chi connectivity index (χ1n) is 4.54. The molecule has 4 nitrogen and oxygen atoms in total. The van der Waals surface area contributed by atoms with Crippen LogP contribution in [0.3, 0.4) is 0 Å². The summed E-state index contributed by atoms with van der Waals surface area (Å²) in [6.07, 6.45) is 0. The van der Waals surface area contributed by atoms with Crippen LogP contribution in [0.5, 0.6) is 0 Å². The second-order valence-electron chi connectivity index (χ2n) is 3.33. The quantitative estimate of drug-likeness (QED) is 0.857. The fourth-order valence-corrected chi connectivity index (χ4v) is 2.66. The zero-order valence-corrected chi connectivity index (χ0v) is 10.1. The minimum Gasteiger partial charge on any atom is -0.329 e. The third-order valence-electron chi connectivity index (χ3n) is 1.89. The van der Waals surface area contributed by atoms with E-state index in [2.05, 4.69) is 4.72 Å². The van der Waals surface area contributed by atoms with Crippen LogP contribution in [0.25, 0.3) is 0 Å². The SMILES string of the molecule is C[C@@H](CN)NS(=O)(=O)c1cc(Cl)ccc1F. The normalized spacial score (nSPS) is 13.8. The molecule has 0 heterocycles. The van der Waals surface area contributed by atoms with Crippen molar-refractivity contribution in [3.63, 3.8) is 0 Å². The van der Waals surface area contributed by atoms with Gasteiger partial charge in [0.25, 0.3) is 0 Å². The molecule has 16 heavy (non-hydrogen) atoms. The Morgan fingerprint density at radius 1 is 1.56 bits per heavy atom. The molecule has 1 aromatic carbocycles. The van der Waals surface area contributed by atoms with Crippen LogP contribution in [0.2, 0.25) is 5.02 Å². The maximum atomic E-state index is 13.3. The van der Waals surface area contributed by atoms with Gasteiger partial charge in [0.15, 0.2) is 0 Å². The lowest BCUT2D eigenvalue weighted by atomic mass is 10.3. The molecular weight excluding hydrogens is 255 g/mol. The predicted molar refractivity (Wildman–Crippen MR) is 60.2 cm³/mol. The van der Waals surface area contributed by atoms with Gasteiger partial charge in [-0.15, -0.1) is 0 Å². The summed E-state index contributed by atoms with van der Waals surface area (Å²) >= 11 is 5.61. The highest BCUT2D eigenvalue weighted by atomic mass is 35.5. The van der Waals surface area contributed by atoms with E-state index in [0.717, 1.165) is 12.1 Å². The standard InChI is InChI=1S/C9H12ClFN2O2S/c1-6(5-12)13-16(14,15)9-4-7(10)2-3-8(9)11/h2-4,6,13H,5,12H2,1H3/t6-/m0/s1. The highest BCUT2D eigenvalue weighted by Crippen LogP contribution is 2.19. The lowest BCUT2D eigenvalue weighted by Crippen LogP contribution is -2.38.